The summed E-state index contributed by atoms with van der Waals surface area (Å²) in [4.78, 5) is 14.5. The Labute approximate surface area is 191 Å². The highest BCUT2D eigenvalue weighted by Crippen LogP contribution is 2.32. The van der Waals surface area contributed by atoms with Gasteiger partial charge in [0.2, 0.25) is 0 Å². The third-order valence-corrected chi connectivity index (χ3v) is 6.01. The summed E-state index contributed by atoms with van der Waals surface area (Å²) in [5.41, 5.74) is 2.65. The molecule has 172 valence electrons. The molecule has 0 unspecified atom stereocenters. The standard InChI is InChI=1S/C27H26F3NO2/c28-22-7-1-19(2-8-22)17-25(32)18-33-26-13-15-31(16-14-26)27(20-3-9-23(29)10-4-20)21-5-11-24(30)12-6-21/h1-12,26-27H,13-18H2. The van der Waals surface area contributed by atoms with Crippen LogP contribution in [-0.4, -0.2) is 36.5 Å². The van der Waals surface area contributed by atoms with Crippen LogP contribution in [0.4, 0.5) is 13.2 Å². The van der Waals surface area contributed by atoms with E-state index in [1.807, 2.05) is 0 Å². The number of carbonyl (C=O) groups is 1. The highest BCUT2D eigenvalue weighted by Gasteiger charge is 2.28. The minimum absolute atomic E-state index is 0.0273. The van der Waals surface area contributed by atoms with Crippen molar-refractivity contribution in [3.8, 4) is 0 Å². The van der Waals surface area contributed by atoms with E-state index in [1.54, 1.807) is 36.4 Å². The molecule has 0 N–H and O–H groups in total. The van der Waals surface area contributed by atoms with E-state index in [4.69, 9.17) is 4.74 Å². The Kier molecular flexibility index (Phi) is 7.57. The maximum Gasteiger partial charge on any atom is 0.162 e. The van der Waals surface area contributed by atoms with E-state index in [2.05, 4.69) is 4.90 Å². The number of ketones is 1. The molecule has 0 radical (unpaired) electrons. The highest BCUT2D eigenvalue weighted by atomic mass is 19.1. The first-order chi connectivity index (χ1) is 16.0. The molecule has 1 fully saturated rings. The second kappa shape index (κ2) is 10.8. The summed E-state index contributed by atoms with van der Waals surface area (Å²) < 4.78 is 45.8. The zero-order valence-electron chi connectivity index (χ0n) is 18.2. The largest absolute Gasteiger partial charge is 0.370 e. The van der Waals surface area contributed by atoms with E-state index in [0.717, 1.165) is 42.6 Å². The Morgan fingerprint density at radius 1 is 0.788 bits per heavy atom. The normalized spacial score (nSPS) is 15.2. The number of Topliss-reactive ketones (excluding diaryl/α,β-unsaturated/α-hetero) is 1. The van der Waals surface area contributed by atoms with Gasteiger partial charge in [-0.1, -0.05) is 36.4 Å². The van der Waals surface area contributed by atoms with Gasteiger partial charge in [-0.3, -0.25) is 9.69 Å². The molecule has 0 aliphatic carbocycles. The number of hydrogen-bond donors (Lipinski definition) is 0. The molecular weight excluding hydrogens is 427 g/mol. The molecule has 3 aromatic rings. The molecule has 3 aromatic carbocycles. The smallest absolute Gasteiger partial charge is 0.162 e. The van der Waals surface area contributed by atoms with Crippen LogP contribution < -0.4 is 0 Å². The molecule has 0 amide bonds. The van der Waals surface area contributed by atoms with Gasteiger partial charge >= 0.3 is 0 Å². The number of hydrogen-bond acceptors (Lipinski definition) is 3. The van der Waals surface area contributed by atoms with Crippen LogP contribution in [0.1, 0.15) is 35.6 Å². The lowest BCUT2D eigenvalue weighted by Crippen LogP contribution is -2.40. The zero-order valence-corrected chi connectivity index (χ0v) is 18.2. The van der Waals surface area contributed by atoms with Crippen LogP contribution in [0.25, 0.3) is 0 Å². The molecule has 0 aromatic heterocycles. The minimum Gasteiger partial charge on any atom is -0.370 e. The molecule has 0 atom stereocenters. The fourth-order valence-electron chi connectivity index (χ4n) is 4.30. The molecule has 6 heteroatoms. The molecular formula is C27H26F3NO2. The van der Waals surface area contributed by atoms with Crippen LogP contribution in [0.15, 0.2) is 72.8 Å². The number of ether oxygens (including phenoxy) is 1. The van der Waals surface area contributed by atoms with Crippen molar-refractivity contribution in [1.82, 2.24) is 4.90 Å². The van der Waals surface area contributed by atoms with Crippen LogP contribution in [0.2, 0.25) is 0 Å². The van der Waals surface area contributed by atoms with Crippen LogP contribution in [0.3, 0.4) is 0 Å². The molecule has 1 aliphatic rings. The first-order valence-corrected chi connectivity index (χ1v) is 11.1. The van der Waals surface area contributed by atoms with Crippen molar-refractivity contribution in [2.45, 2.75) is 31.4 Å². The number of carbonyl (C=O) groups excluding carboxylic acids is 1. The van der Waals surface area contributed by atoms with Gasteiger partial charge in [-0.2, -0.15) is 0 Å². The highest BCUT2D eigenvalue weighted by molar-refractivity contribution is 5.82. The summed E-state index contributed by atoms with van der Waals surface area (Å²) >= 11 is 0. The summed E-state index contributed by atoms with van der Waals surface area (Å²) in [5.74, 6) is -0.962. The molecule has 33 heavy (non-hydrogen) atoms. The molecule has 0 bridgehead atoms. The van der Waals surface area contributed by atoms with E-state index in [1.165, 1.54) is 36.4 Å². The van der Waals surface area contributed by atoms with E-state index in [9.17, 15) is 18.0 Å². The second-order valence-electron chi connectivity index (χ2n) is 8.39. The number of halogens is 3. The Hall–Kier alpha value is -2.96. The number of rotatable bonds is 8. The minimum atomic E-state index is -0.325. The predicted octanol–water partition coefficient (Wildman–Crippen LogP) is 5.49. The van der Waals surface area contributed by atoms with Crippen molar-refractivity contribution in [3.63, 3.8) is 0 Å². The number of likely N-dealkylation sites (tertiary alicyclic amines) is 1. The van der Waals surface area contributed by atoms with Crippen LogP contribution in [-0.2, 0) is 16.0 Å². The summed E-state index contributed by atoms with van der Waals surface area (Å²) in [6.07, 6.45) is 1.70. The number of benzene rings is 3. The summed E-state index contributed by atoms with van der Waals surface area (Å²) in [5, 5.41) is 0. The SMILES string of the molecule is O=C(COC1CCN(C(c2ccc(F)cc2)c2ccc(F)cc2)CC1)Cc1ccc(F)cc1. The third-order valence-electron chi connectivity index (χ3n) is 6.01. The lowest BCUT2D eigenvalue weighted by Gasteiger charge is -2.38. The van der Waals surface area contributed by atoms with Crippen molar-refractivity contribution < 1.29 is 22.7 Å². The Balaban J connectivity index is 1.35. The van der Waals surface area contributed by atoms with E-state index < -0.39 is 0 Å². The zero-order chi connectivity index (χ0) is 23.2. The summed E-state index contributed by atoms with van der Waals surface area (Å²) in [6.45, 7) is 1.49. The van der Waals surface area contributed by atoms with Crippen molar-refractivity contribution in [1.29, 1.82) is 0 Å². The van der Waals surface area contributed by atoms with E-state index >= 15 is 0 Å². The Morgan fingerprint density at radius 2 is 1.24 bits per heavy atom. The molecule has 0 spiro atoms. The van der Waals surface area contributed by atoms with E-state index in [0.29, 0.717) is 0 Å². The van der Waals surface area contributed by atoms with Gasteiger partial charge in [-0.05, 0) is 65.9 Å². The Morgan fingerprint density at radius 3 is 1.73 bits per heavy atom. The quantitative estimate of drug-likeness (QED) is 0.452. The van der Waals surface area contributed by atoms with Gasteiger partial charge in [0.1, 0.15) is 24.1 Å². The van der Waals surface area contributed by atoms with Crippen molar-refractivity contribution >= 4 is 5.78 Å². The second-order valence-corrected chi connectivity index (χ2v) is 8.39. The molecule has 4 rings (SSSR count). The fourth-order valence-corrected chi connectivity index (χ4v) is 4.30. The number of nitrogens with zero attached hydrogens (tertiary/aromatic N) is 1. The summed E-state index contributed by atoms with van der Waals surface area (Å²) in [7, 11) is 0. The maximum absolute atomic E-state index is 13.5. The van der Waals surface area contributed by atoms with Gasteiger partial charge in [-0.25, -0.2) is 13.2 Å². The van der Waals surface area contributed by atoms with Gasteiger partial charge in [0, 0.05) is 19.5 Å². The van der Waals surface area contributed by atoms with Crippen LogP contribution in [0.5, 0.6) is 0 Å². The van der Waals surface area contributed by atoms with Crippen molar-refractivity contribution in [2.75, 3.05) is 19.7 Å². The van der Waals surface area contributed by atoms with Gasteiger partial charge in [0.15, 0.2) is 5.78 Å². The Bertz CT molecular complexity index is 999. The molecule has 0 saturated carbocycles. The maximum atomic E-state index is 13.5. The third kappa shape index (κ3) is 6.30. The van der Waals surface area contributed by atoms with Gasteiger partial charge in [-0.15, -0.1) is 0 Å². The average molecular weight is 454 g/mol. The van der Waals surface area contributed by atoms with Crippen LogP contribution in [0, 0.1) is 17.5 Å². The first-order valence-electron chi connectivity index (χ1n) is 11.1. The monoisotopic (exact) mass is 453 g/mol. The van der Waals surface area contributed by atoms with Gasteiger partial charge < -0.3 is 4.74 Å². The average Bonchev–Trinajstić information content (AvgIpc) is 2.83. The van der Waals surface area contributed by atoms with Crippen LogP contribution >= 0.6 is 0 Å². The number of piperidine rings is 1. The lowest BCUT2D eigenvalue weighted by atomic mass is 9.94. The van der Waals surface area contributed by atoms with E-state index in [-0.39, 0.29) is 48.4 Å². The molecule has 3 nitrogen and oxygen atoms in total. The van der Waals surface area contributed by atoms with Crippen molar-refractivity contribution in [3.05, 3.63) is 107 Å². The summed E-state index contributed by atoms with van der Waals surface area (Å²) in [6, 6.07) is 18.6. The first kappa shape index (κ1) is 23.2. The topological polar surface area (TPSA) is 29.5 Å². The molecule has 1 aliphatic heterocycles. The van der Waals surface area contributed by atoms with Gasteiger partial charge in [0.25, 0.3) is 0 Å². The lowest BCUT2D eigenvalue weighted by molar-refractivity contribution is -0.126. The predicted molar refractivity (Wildman–Crippen MR) is 120 cm³/mol. The molecule has 1 heterocycles. The molecule has 1 saturated heterocycles. The van der Waals surface area contributed by atoms with Gasteiger partial charge in [0.05, 0.1) is 12.1 Å². The van der Waals surface area contributed by atoms with Crippen molar-refractivity contribution in [2.24, 2.45) is 0 Å². The fraction of sp³-hybridized carbons (Fsp3) is 0.296.